The van der Waals surface area contributed by atoms with E-state index in [2.05, 4.69) is 10.2 Å². The van der Waals surface area contributed by atoms with E-state index in [1.54, 1.807) is 15.0 Å². The maximum atomic E-state index is 12.9. The second kappa shape index (κ2) is 4.42. The van der Waals surface area contributed by atoms with E-state index >= 15 is 0 Å². The molecule has 0 aliphatic rings. The summed E-state index contributed by atoms with van der Waals surface area (Å²) in [6.07, 6.45) is 0. The first-order valence-electron chi connectivity index (χ1n) is 6.88. The van der Waals surface area contributed by atoms with Crippen LogP contribution in [-0.4, -0.2) is 19.2 Å². The van der Waals surface area contributed by atoms with Gasteiger partial charge in [0.1, 0.15) is 0 Å². The van der Waals surface area contributed by atoms with Gasteiger partial charge in [0, 0.05) is 0 Å². The van der Waals surface area contributed by atoms with Crippen LogP contribution < -0.4 is 11.3 Å². The summed E-state index contributed by atoms with van der Waals surface area (Å²) < 4.78 is 3.23. The molecule has 2 aromatic heterocycles. The highest BCUT2D eigenvalue weighted by atomic mass is 16.1. The van der Waals surface area contributed by atoms with Crippen molar-refractivity contribution in [3.8, 4) is 5.69 Å². The summed E-state index contributed by atoms with van der Waals surface area (Å²) in [7, 11) is 0. The van der Waals surface area contributed by atoms with Gasteiger partial charge in [0.2, 0.25) is 11.7 Å². The number of nitrogen functional groups attached to an aromatic ring is 1. The van der Waals surface area contributed by atoms with Crippen molar-refractivity contribution in [1.82, 2.24) is 19.2 Å². The summed E-state index contributed by atoms with van der Waals surface area (Å²) in [6, 6.07) is 15.0. The van der Waals surface area contributed by atoms with Crippen LogP contribution in [0.15, 0.2) is 53.3 Å². The van der Waals surface area contributed by atoms with Gasteiger partial charge in [-0.2, -0.15) is 0 Å². The molecule has 0 spiro atoms. The van der Waals surface area contributed by atoms with Gasteiger partial charge in [-0.3, -0.25) is 4.79 Å². The molecule has 0 atom stereocenters. The van der Waals surface area contributed by atoms with E-state index in [0.717, 1.165) is 11.3 Å². The molecule has 0 fully saturated rings. The predicted molar refractivity (Wildman–Crippen MR) is 85.2 cm³/mol. The number of hydrogen-bond acceptors (Lipinski definition) is 4. The highest BCUT2D eigenvalue weighted by Gasteiger charge is 2.15. The van der Waals surface area contributed by atoms with E-state index in [0.29, 0.717) is 16.7 Å². The fourth-order valence-electron chi connectivity index (χ4n) is 2.72. The molecular weight excluding hydrogens is 278 g/mol. The van der Waals surface area contributed by atoms with Gasteiger partial charge in [0.25, 0.3) is 5.56 Å². The van der Waals surface area contributed by atoms with E-state index < -0.39 is 0 Å². The number of aryl methyl sites for hydroxylation is 1. The molecule has 0 unspecified atom stereocenters. The summed E-state index contributed by atoms with van der Waals surface area (Å²) in [4.78, 5) is 12.9. The third-order valence-corrected chi connectivity index (χ3v) is 3.71. The molecule has 2 aromatic carbocycles. The van der Waals surface area contributed by atoms with Gasteiger partial charge in [0.05, 0.1) is 16.6 Å². The molecule has 0 amide bonds. The second-order valence-corrected chi connectivity index (χ2v) is 5.19. The van der Waals surface area contributed by atoms with Crippen molar-refractivity contribution in [2.45, 2.75) is 6.92 Å². The van der Waals surface area contributed by atoms with Crippen LogP contribution in [0.2, 0.25) is 0 Å². The minimum absolute atomic E-state index is 0.138. The molecule has 6 heteroatoms. The van der Waals surface area contributed by atoms with E-state index in [-0.39, 0.29) is 11.5 Å². The Bertz CT molecular complexity index is 1080. The van der Waals surface area contributed by atoms with Gasteiger partial charge in [-0.25, -0.2) is 8.97 Å². The first kappa shape index (κ1) is 12.6. The number of hydrogen-bond donors (Lipinski definition) is 1. The standard InChI is InChI=1S/C16H13N5O/c1-10-5-4-6-11(9-10)20-14(22)12-7-2-3-8-13(12)21-15(17)18-19-16(20)21/h2-9H,1H3,(H2,17,18). The second-order valence-electron chi connectivity index (χ2n) is 5.19. The molecule has 2 N–H and O–H groups in total. The maximum absolute atomic E-state index is 12.9. The third-order valence-electron chi connectivity index (χ3n) is 3.71. The van der Waals surface area contributed by atoms with E-state index in [4.69, 9.17) is 5.73 Å². The molecule has 108 valence electrons. The SMILES string of the molecule is Cc1cccc(-n2c(=O)c3ccccc3n3c(N)nnc23)c1. The first-order chi connectivity index (χ1) is 10.7. The molecule has 0 saturated heterocycles. The zero-order valence-electron chi connectivity index (χ0n) is 11.9. The summed E-state index contributed by atoms with van der Waals surface area (Å²) in [6.45, 7) is 1.98. The summed E-state index contributed by atoms with van der Waals surface area (Å²) in [5.74, 6) is 0.666. The fraction of sp³-hybridized carbons (Fsp3) is 0.0625. The number of fused-ring (bicyclic) bond motifs is 3. The van der Waals surface area contributed by atoms with Crippen molar-refractivity contribution in [3.63, 3.8) is 0 Å². The average Bonchev–Trinajstić information content (AvgIpc) is 2.90. The number of anilines is 1. The fourth-order valence-corrected chi connectivity index (χ4v) is 2.72. The minimum Gasteiger partial charge on any atom is -0.368 e. The largest absolute Gasteiger partial charge is 0.368 e. The van der Waals surface area contributed by atoms with Crippen molar-refractivity contribution >= 4 is 22.6 Å². The molecule has 0 aliphatic heterocycles. The molecule has 22 heavy (non-hydrogen) atoms. The number of aromatic nitrogens is 4. The predicted octanol–water partition coefficient (Wildman–Crippen LogP) is 1.92. The van der Waals surface area contributed by atoms with Crippen molar-refractivity contribution in [1.29, 1.82) is 0 Å². The first-order valence-corrected chi connectivity index (χ1v) is 6.88. The van der Waals surface area contributed by atoms with E-state index in [1.165, 1.54) is 0 Å². The average molecular weight is 291 g/mol. The van der Waals surface area contributed by atoms with Crippen molar-refractivity contribution in [2.24, 2.45) is 0 Å². The molecule has 0 radical (unpaired) electrons. The molecule has 6 nitrogen and oxygen atoms in total. The molecule has 4 aromatic rings. The molecule has 2 heterocycles. The lowest BCUT2D eigenvalue weighted by Gasteiger charge is -2.11. The summed E-state index contributed by atoms with van der Waals surface area (Å²) >= 11 is 0. The van der Waals surface area contributed by atoms with Gasteiger partial charge >= 0.3 is 0 Å². The van der Waals surface area contributed by atoms with Crippen LogP contribution in [0.3, 0.4) is 0 Å². The zero-order chi connectivity index (χ0) is 15.3. The highest BCUT2D eigenvalue weighted by molar-refractivity contribution is 5.82. The monoisotopic (exact) mass is 291 g/mol. The molecule has 0 saturated carbocycles. The number of benzene rings is 2. The highest BCUT2D eigenvalue weighted by Crippen LogP contribution is 2.18. The molecule has 0 aliphatic carbocycles. The number of nitrogens with zero attached hydrogens (tertiary/aromatic N) is 4. The number of nitrogens with two attached hydrogens (primary N) is 1. The molecule has 0 bridgehead atoms. The van der Waals surface area contributed by atoms with Crippen molar-refractivity contribution < 1.29 is 0 Å². The smallest absolute Gasteiger partial charge is 0.267 e. The summed E-state index contributed by atoms with van der Waals surface area (Å²) in [5, 5.41) is 8.58. The Kier molecular flexibility index (Phi) is 2.53. The topological polar surface area (TPSA) is 78.2 Å². The zero-order valence-corrected chi connectivity index (χ0v) is 11.9. The molecule has 4 rings (SSSR count). The maximum Gasteiger partial charge on any atom is 0.267 e. The van der Waals surface area contributed by atoms with Crippen LogP contribution in [0.5, 0.6) is 0 Å². The van der Waals surface area contributed by atoms with Gasteiger partial charge < -0.3 is 5.73 Å². The van der Waals surface area contributed by atoms with E-state index in [1.807, 2.05) is 49.4 Å². The molecular formula is C16H13N5O. The lowest BCUT2D eigenvalue weighted by Crippen LogP contribution is -2.22. The Balaban J connectivity index is 2.27. The Morgan fingerprint density at radius 3 is 2.68 bits per heavy atom. The van der Waals surface area contributed by atoms with Crippen molar-refractivity contribution in [3.05, 3.63) is 64.4 Å². The Morgan fingerprint density at radius 2 is 1.86 bits per heavy atom. The quantitative estimate of drug-likeness (QED) is 0.581. The Labute approximate surface area is 125 Å². The lowest BCUT2D eigenvalue weighted by atomic mass is 10.2. The number of para-hydroxylation sites is 1. The van der Waals surface area contributed by atoms with E-state index in [9.17, 15) is 4.79 Å². The van der Waals surface area contributed by atoms with Gasteiger partial charge in [-0.05, 0) is 36.8 Å². The van der Waals surface area contributed by atoms with Crippen LogP contribution in [0.25, 0.3) is 22.4 Å². The minimum atomic E-state index is -0.138. The van der Waals surface area contributed by atoms with Gasteiger partial charge in [-0.15, -0.1) is 10.2 Å². The lowest BCUT2D eigenvalue weighted by molar-refractivity contribution is 0.965. The third kappa shape index (κ3) is 1.64. The van der Waals surface area contributed by atoms with Crippen molar-refractivity contribution in [2.75, 3.05) is 5.73 Å². The van der Waals surface area contributed by atoms with Crippen LogP contribution in [0.1, 0.15) is 5.56 Å². The van der Waals surface area contributed by atoms with Crippen LogP contribution in [0, 0.1) is 6.92 Å². The van der Waals surface area contributed by atoms with Crippen LogP contribution in [-0.2, 0) is 0 Å². The summed E-state index contributed by atoms with van der Waals surface area (Å²) in [5.41, 5.74) is 8.31. The number of rotatable bonds is 1. The Hall–Kier alpha value is -3.15. The Morgan fingerprint density at radius 1 is 1.05 bits per heavy atom. The van der Waals surface area contributed by atoms with Crippen LogP contribution in [0.4, 0.5) is 5.95 Å². The van der Waals surface area contributed by atoms with Gasteiger partial charge in [-0.1, -0.05) is 24.3 Å². The van der Waals surface area contributed by atoms with Crippen LogP contribution >= 0.6 is 0 Å². The normalized spacial score (nSPS) is 11.3. The van der Waals surface area contributed by atoms with Gasteiger partial charge in [0.15, 0.2) is 0 Å².